The zero-order valence-corrected chi connectivity index (χ0v) is 24.4. The van der Waals surface area contributed by atoms with Gasteiger partial charge in [0.25, 0.3) is 5.56 Å². The highest BCUT2D eigenvalue weighted by molar-refractivity contribution is 7.47. The van der Waals surface area contributed by atoms with Crippen LogP contribution in [0.5, 0.6) is 0 Å². The first-order valence-electron chi connectivity index (χ1n) is 13.2. The summed E-state index contributed by atoms with van der Waals surface area (Å²) in [6.07, 6.45) is -7.15. The number of phosphoric acid groups is 2. The number of aliphatic hydroxyl groups is 2. The van der Waals surface area contributed by atoms with Crippen molar-refractivity contribution in [1.82, 2.24) is 44.5 Å². The number of imidazole rings is 1. The number of rotatable bonds is 2. The fourth-order valence-corrected chi connectivity index (χ4v) is 7.68. The number of nitrogen functional groups attached to an aromatic ring is 2. The monoisotopic (exact) mass is 673 g/mol. The van der Waals surface area contributed by atoms with Gasteiger partial charge in [0.1, 0.15) is 30.7 Å². The van der Waals surface area contributed by atoms with Gasteiger partial charge in [0.15, 0.2) is 34.4 Å². The van der Waals surface area contributed by atoms with E-state index in [-0.39, 0.29) is 40.5 Å². The lowest BCUT2D eigenvalue weighted by molar-refractivity contribution is -0.0608. The Kier molecular flexibility index (Phi) is 7.26. The van der Waals surface area contributed by atoms with Crippen LogP contribution in [-0.2, 0) is 32.0 Å². The molecule has 0 amide bonds. The summed E-state index contributed by atoms with van der Waals surface area (Å²) in [6, 6.07) is -1.00. The third kappa shape index (κ3) is 5.30. The van der Waals surface area contributed by atoms with Crippen LogP contribution in [0.1, 0.15) is 18.7 Å². The first-order valence-corrected chi connectivity index (χ1v) is 16.2. The Balaban J connectivity index is 1.21. The summed E-state index contributed by atoms with van der Waals surface area (Å²) in [7, 11) is -10.1. The highest BCUT2D eigenvalue weighted by atomic mass is 31.2. The molecule has 4 aromatic heterocycles. The number of aliphatic hydroxyl groups excluding tert-OH is 2. The number of hydrogen-bond acceptors (Lipinski definition) is 18. The van der Waals surface area contributed by atoms with Crippen LogP contribution in [0.2, 0.25) is 0 Å². The highest BCUT2D eigenvalue weighted by Gasteiger charge is 2.53. The molecule has 242 valence electrons. The maximum Gasteiger partial charge on any atom is 0.472 e. The average Bonchev–Trinajstić information content (AvgIpc) is 3.72. The van der Waals surface area contributed by atoms with Gasteiger partial charge in [0.2, 0.25) is 5.95 Å². The Labute approximate surface area is 249 Å². The van der Waals surface area contributed by atoms with Crippen LogP contribution < -0.4 is 17.0 Å². The summed E-state index contributed by atoms with van der Waals surface area (Å²) in [4.78, 5) is 51.9. The molecule has 2 aliphatic heterocycles. The zero-order valence-electron chi connectivity index (χ0n) is 22.6. The van der Waals surface area contributed by atoms with Gasteiger partial charge < -0.3 is 40.8 Å². The third-order valence-electron chi connectivity index (χ3n) is 7.75. The summed E-state index contributed by atoms with van der Waals surface area (Å²) in [5.41, 5.74) is 10.9. The van der Waals surface area contributed by atoms with E-state index < -0.39 is 83.1 Å². The summed E-state index contributed by atoms with van der Waals surface area (Å²) in [5, 5.41) is 30.0. The smallest absolute Gasteiger partial charge is 0.390 e. The van der Waals surface area contributed by atoms with Crippen molar-refractivity contribution in [3.8, 4) is 0 Å². The van der Waals surface area contributed by atoms with E-state index in [9.17, 15) is 33.9 Å². The molecular weight excluding hydrogens is 648 g/mol. The fourth-order valence-electron chi connectivity index (χ4n) is 5.70. The lowest BCUT2D eigenvalue weighted by Gasteiger charge is -2.26. The van der Waals surface area contributed by atoms with Gasteiger partial charge in [-0.1, -0.05) is 5.21 Å². The van der Waals surface area contributed by atoms with Gasteiger partial charge in [-0.3, -0.25) is 27.9 Å². The molecule has 2 bridgehead atoms. The first-order chi connectivity index (χ1) is 21.3. The number of H-pyrrole nitrogens is 1. The maximum absolute atomic E-state index is 13.2. The predicted octanol–water partition coefficient (Wildman–Crippen LogP) is -2.28. The lowest BCUT2D eigenvalue weighted by atomic mass is 10.1. The second-order valence-electron chi connectivity index (χ2n) is 10.5. The van der Waals surface area contributed by atoms with Gasteiger partial charge >= 0.3 is 15.6 Å². The van der Waals surface area contributed by atoms with Gasteiger partial charge in [-0.25, -0.2) is 24.1 Å². The minimum atomic E-state index is -5.05. The van der Waals surface area contributed by atoms with Crippen molar-refractivity contribution in [2.75, 3.05) is 24.7 Å². The standard InChI is InChI=1S/C20H25N11O12P2/c21-15-9-16(24-4-23-15)31(29-28-9)19-12(33)14-8(41-19)3-40-45(37,38)42-13-7(1-6(11(13)32)2-39-44(35,36)43-14)30-5-25-10-17(30)26-20(22)27-18(10)34/h4-8,11-14,19,32-33H,1-3H2,(H,35,36)(H,37,38)(H2,21,23,24)(H3,22,26,27,34)/t6-,7-,8-,11?,12?,13?,14+,19-/m1/s1. The molecule has 1 saturated carbocycles. The maximum atomic E-state index is 13.2. The van der Waals surface area contributed by atoms with Crippen molar-refractivity contribution in [1.29, 1.82) is 0 Å². The minimum Gasteiger partial charge on any atom is -0.390 e. The third-order valence-corrected chi connectivity index (χ3v) is 9.72. The van der Waals surface area contributed by atoms with Crippen LogP contribution in [0.3, 0.4) is 0 Å². The number of ether oxygens (including phenoxy) is 1. The predicted molar refractivity (Wildman–Crippen MR) is 144 cm³/mol. The SMILES string of the molecule is Nc1nc2c(ncn2[C@@H]2C[C@@H]3COP(=O)(O)O[C@@H]4C(O)[C@H](n5nnc6c(N)ncnc65)O[C@@H]4COP(=O)(O)OC2C3O)c(=O)[nH]1. The van der Waals surface area contributed by atoms with Gasteiger partial charge in [0, 0.05) is 5.92 Å². The van der Waals surface area contributed by atoms with E-state index in [2.05, 4.69) is 35.2 Å². The Hall–Kier alpha value is -3.47. The molecule has 10 atom stereocenters. The highest BCUT2D eigenvalue weighted by Crippen LogP contribution is 2.55. The molecule has 2 saturated heterocycles. The molecule has 4 aromatic rings. The molecule has 0 radical (unpaired) electrons. The van der Waals surface area contributed by atoms with E-state index in [1.165, 1.54) is 10.9 Å². The molecule has 3 aliphatic rings. The summed E-state index contributed by atoms with van der Waals surface area (Å²) in [6.45, 7) is -1.43. The minimum absolute atomic E-state index is 0.00974. The Morgan fingerprint density at radius 1 is 0.956 bits per heavy atom. The molecule has 5 unspecified atom stereocenters. The molecule has 23 nitrogen and oxygen atoms in total. The van der Waals surface area contributed by atoms with E-state index in [0.717, 1.165) is 11.0 Å². The Morgan fingerprint density at radius 3 is 2.47 bits per heavy atom. The number of anilines is 2. The van der Waals surface area contributed by atoms with E-state index in [1.807, 2.05) is 0 Å². The van der Waals surface area contributed by atoms with Crippen LogP contribution in [-0.4, -0.2) is 108 Å². The van der Waals surface area contributed by atoms with E-state index in [1.54, 1.807) is 0 Å². The largest absolute Gasteiger partial charge is 0.472 e. The second-order valence-corrected chi connectivity index (χ2v) is 13.3. The molecule has 25 heteroatoms. The molecule has 45 heavy (non-hydrogen) atoms. The molecule has 3 fully saturated rings. The van der Waals surface area contributed by atoms with E-state index in [0.29, 0.717) is 0 Å². The second kappa shape index (κ2) is 10.8. The molecule has 7 rings (SSSR count). The fraction of sp³-hybridized carbons (Fsp3) is 0.550. The van der Waals surface area contributed by atoms with Gasteiger partial charge in [-0.05, 0) is 6.42 Å². The van der Waals surface area contributed by atoms with Crippen molar-refractivity contribution in [2.45, 2.75) is 49.2 Å². The van der Waals surface area contributed by atoms with Gasteiger partial charge in [0.05, 0.1) is 31.7 Å². The number of nitrogens with two attached hydrogens (primary N) is 2. The van der Waals surface area contributed by atoms with E-state index in [4.69, 9.17) is 34.3 Å². The first kappa shape index (κ1) is 30.2. The van der Waals surface area contributed by atoms with Crippen molar-refractivity contribution in [3.05, 3.63) is 23.0 Å². The summed E-state index contributed by atoms with van der Waals surface area (Å²) >= 11 is 0. The van der Waals surface area contributed by atoms with Crippen LogP contribution >= 0.6 is 15.6 Å². The van der Waals surface area contributed by atoms with E-state index >= 15 is 0 Å². The number of nitrogens with one attached hydrogen (secondary N) is 1. The van der Waals surface area contributed by atoms with Crippen molar-refractivity contribution < 1.29 is 52.0 Å². The molecule has 1 aliphatic carbocycles. The van der Waals surface area contributed by atoms with Crippen LogP contribution in [0, 0.1) is 5.92 Å². The topological polar surface area (TPSA) is 333 Å². The normalized spacial score (nSPS) is 37.7. The number of nitrogens with zero attached hydrogens (tertiary/aromatic N) is 8. The van der Waals surface area contributed by atoms with Crippen molar-refractivity contribution >= 4 is 49.7 Å². The van der Waals surface area contributed by atoms with Crippen molar-refractivity contribution in [3.63, 3.8) is 0 Å². The number of hydrogen-bond donors (Lipinski definition) is 7. The molecule has 6 heterocycles. The summed E-state index contributed by atoms with van der Waals surface area (Å²) < 4.78 is 55.6. The van der Waals surface area contributed by atoms with Gasteiger partial charge in [-0.15, -0.1) is 5.10 Å². The molecule has 9 N–H and O–H groups in total. The quantitative estimate of drug-likeness (QED) is 0.110. The average molecular weight is 673 g/mol. The number of phosphoric ester groups is 2. The van der Waals surface area contributed by atoms with Gasteiger partial charge in [-0.2, -0.15) is 9.67 Å². The summed E-state index contributed by atoms with van der Waals surface area (Å²) in [5.74, 6) is -1.23. The zero-order chi connectivity index (χ0) is 31.8. The Bertz CT molecular complexity index is 1940. The number of fused-ring (bicyclic) bond motifs is 5. The lowest BCUT2D eigenvalue weighted by Crippen LogP contribution is -2.36. The molecule has 0 spiro atoms. The molecule has 0 aromatic carbocycles. The number of aromatic amines is 1. The van der Waals surface area contributed by atoms with Crippen molar-refractivity contribution in [2.24, 2.45) is 5.92 Å². The van der Waals surface area contributed by atoms with Crippen LogP contribution in [0.15, 0.2) is 17.4 Å². The number of aromatic nitrogens is 9. The van der Waals surface area contributed by atoms with Crippen LogP contribution in [0.4, 0.5) is 11.8 Å². The Morgan fingerprint density at radius 2 is 1.69 bits per heavy atom. The van der Waals surface area contributed by atoms with Crippen LogP contribution in [0.25, 0.3) is 22.3 Å². The molecular formula is C20H25N11O12P2.